The van der Waals surface area contributed by atoms with Crippen molar-refractivity contribution in [3.05, 3.63) is 42.0 Å². The number of nitrogens with one attached hydrogen (secondary N) is 1. The average Bonchev–Trinajstić information content (AvgIpc) is 2.37. The molecule has 0 aliphatic heterocycles. The minimum absolute atomic E-state index is 0.104. The van der Waals surface area contributed by atoms with E-state index in [9.17, 15) is 22.8 Å². The highest BCUT2D eigenvalue weighted by Gasteiger charge is 2.32. The Labute approximate surface area is 118 Å². The maximum atomic E-state index is 12.6. The third-order valence-corrected chi connectivity index (χ3v) is 2.59. The van der Waals surface area contributed by atoms with Gasteiger partial charge in [-0.2, -0.15) is 13.2 Å². The maximum Gasteiger partial charge on any atom is 0.416 e. The van der Waals surface area contributed by atoms with Crippen molar-refractivity contribution in [2.45, 2.75) is 18.6 Å². The van der Waals surface area contributed by atoms with Crippen molar-refractivity contribution < 1.29 is 27.9 Å². The first-order chi connectivity index (χ1) is 9.66. The van der Waals surface area contributed by atoms with Crippen LogP contribution < -0.4 is 11.1 Å². The Balaban J connectivity index is 3.15. The number of carboxylic acids is 1. The smallest absolute Gasteiger partial charge is 0.416 e. The van der Waals surface area contributed by atoms with Crippen molar-refractivity contribution in [1.82, 2.24) is 0 Å². The lowest BCUT2D eigenvalue weighted by molar-refractivity contribution is -0.137. The Morgan fingerprint density at radius 3 is 2.52 bits per heavy atom. The van der Waals surface area contributed by atoms with Crippen LogP contribution in [0, 0.1) is 0 Å². The molecular formula is C13H13F3N2O3. The van der Waals surface area contributed by atoms with Crippen molar-refractivity contribution in [1.29, 1.82) is 0 Å². The first-order valence-electron chi connectivity index (χ1n) is 5.78. The van der Waals surface area contributed by atoms with Crippen molar-refractivity contribution in [3.63, 3.8) is 0 Å². The van der Waals surface area contributed by atoms with Crippen molar-refractivity contribution in [2.75, 3.05) is 5.32 Å². The van der Waals surface area contributed by atoms with E-state index in [0.717, 1.165) is 6.07 Å². The fourth-order valence-corrected chi connectivity index (χ4v) is 1.52. The second kappa shape index (κ2) is 6.40. The molecule has 1 amide bonds. The zero-order valence-electron chi connectivity index (χ0n) is 10.8. The first kappa shape index (κ1) is 16.7. The van der Waals surface area contributed by atoms with E-state index in [2.05, 4.69) is 11.9 Å². The summed E-state index contributed by atoms with van der Waals surface area (Å²) in [4.78, 5) is 22.7. The number of carbonyl (C=O) groups is 2. The Hall–Kier alpha value is -2.35. The summed E-state index contributed by atoms with van der Waals surface area (Å²) in [6.45, 7) is 3.38. The van der Waals surface area contributed by atoms with Crippen LogP contribution in [0.5, 0.6) is 0 Å². The van der Waals surface area contributed by atoms with Gasteiger partial charge in [0.05, 0.1) is 22.9 Å². The summed E-state index contributed by atoms with van der Waals surface area (Å²) in [7, 11) is 0. The summed E-state index contributed by atoms with van der Waals surface area (Å²) >= 11 is 0. The zero-order chi connectivity index (χ0) is 16.2. The van der Waals surface area contributed by atoms with Crippen molar-refractivity contribution >= 4 is 17.6 Å². The van der Waals surface area contributed by atoms with Gasteiger partial charge in [-0.05, 0) is 24.6 Å². The van der Waals surface area contributed by atoms with E-state index in [1.807, 2.05) is 0 Å². The molecule has 0 spiro atoms. The highest BCUT2D eigenvalue weighted by molar-refractivity contribution is 6.02. The number of amides is 1. The molecule has 1 aromatic carbocycles. The Morgan fingerprint density at radius 2 is 2.05 bits per heavy atom. The number of hydrogen-bond acceptors (Lipinski definition) is 3. The molecule has 1 atom stereocenters. The highest BCUT2D eigenvalue weighted by atomic mass is 19.4. The zero-order valence-corrected chi connectivity index (χ0v) is 10.8. The molecule has 0 saturated carbocycles. The van der Waals surface area contributed by atoms with E-state index >= 15 is 0 Å². The van der Waals surface area contributed by atoms with E-state index in [1.54, 1.807) is 0 Å². The third kappa shape index (κ3) is 4.32. The quantitative estimate of drug-likeness (QED) is 0.727. The van der Waals surface area contributed by atoms with Crippen molar-refractivity contribution in [2.24, 2.45) is 5.73 Å². The summed E-state index contributed by atoms with van der Waals surface area (Å²) in [6, 6.07) is 0.934. The molecule has 8 heteroatoms. The van der Waals surface area contributed by atoms with Crippen LogP contribution in [0.25, 0.3) is 0 Å². The second-order valence-corrected chi connectivity index (χ2v) is 4.18. The standard InChI is InChI=1S/C13H13F3N2O3/c1-2-3-9(17)11(19)18-10-6-7(13(14,15)16)4-5-8(10)12(20)21/h2,4-6,9H,1,3,17H2,(H,18,19)(H,20,21). The molecule has 0 saturated heterocycles. The average molecular weight is 302 g/mol. The molecule has 1 aromatic rings. The van der Waals surface area contributed by atoms with Gasteiger partial charge < -0.3 is 16.2 Å². The number of alkyl halides is 3. The summed E-state index contributed by atoms with van der Waals surface area (Å²) in [6.07, 6.45) is -3.18. The van der Waals surface area contributed by atoms with E-state index < -0.39 is 40.9 Å². The molecule has 0 aliphatic carbocycles. The monoisotopic (exact) mass is 302 g/mol. The van der Waals surface area contributed by atoms with Crippen LogP contribution in [0.15, 0.2) is 30.9 Å². The number of hydrogen-bond donors (Lipinski definition) is 3. The van der Waals surface area contributed by atoms with Gasteiger partial charge in [0.15, 0.2) is 0 Å². The lowest BCUT2D eigenvalue weighted by atomic mass is 10.1. The molecule has 0 fully saturated rings. The van der Waals surface area contributed by atoms with Crippen LogP contribution in [-0.4, -0.2) is 23.0 Å². The molecule has 0 heterocycles. The number of benzene rings is 1. The number of rotatable bonds is 5. The second-order valence-electron chi connectivity index (χ2n) is 4.18. The van der Waals surface area contributed by atoms with Crippen molar-refractivity contribution in [3.8, 4) is 0 Å². The van der Waals surface area contributed by atoms with Crippen LogP contribution in [0.1, 0.15) is 22.3 Å². The van der Waals surface area contributed by atoms with Crippen LogP contribution in [0.4, 0.5) is 18.9 Å². The van der Waals surface area contributed by atoms with Crippen LogP contribution in [0.2, 0.25) is 0 Å². The molecular weight excluding hydrogens is 289 g/mol. The fourth-order valence-electron chi connectivity index (χ4n) is 1.52. The topological polar surface area (TPSA) is 92.4 Å². The Bertz CT molecular complexity index is 570. The summed E-state index contributed by atoms with van der Waals surface area (Å²) < 4.78 is 37.9. The van der Waals surface area contributed by atoms with Crippen LogP contribution >= 0.6 is 0 Å². The van der Waals surface area contributed by atoms with Crippen LogP contribution in [-0.2, 0) is 11.0 Å². The number of anilines is 1. The molecule has 0 aromatic heterocycles. The summed E-state index contributed by atoms with van der Waals surface area (Å²) in [5, 5.41) is 11.0. The normalized spacial score (nSPS) is 12.6. The van der Waals surface area contributed by atoms with Gasteiger partial charge in [-0.25, -0.2) is 4.79 Å². The van der Waals surface area contributed by atoms with Gasteiger partial charge >= 0.3 is 12.1 Å². The van der Waals surface area contributed by atoms with E-state index in [-0.39, 0.29) is 6.42 Å². The molecule has 4 N–H and O–H groups in total. The lowest BCUT2D eigenvalue weighted by Crippen LogP contribution is -2.35. The van der Waals surface area contributed by atoms with Gasteiger partial charge in [0.1, 0.15) is 0 Å². The molecule has 1 rings (SSSR count). The van der Waals surface area contributed by atoms with E-state index in [1.165, 1.54) is 6.08 Å². The SMILES string of the molecule is C=CCC(N)C(=O)Nc1cc(C(F)(F)F)ccc1C(=O)O. The first-order valence-corrected chi connectivity index (χ1v) is 5.78. The van der Waals surface area contributed by atoms with Gasteiger partial charge in [0.2, 0.25) is 5.91 Å². The molecule has 5 nitrogen and oxygen atoms in total. The van der Waals surface area contributed by atoms with E-state index in [4.69, 9.17) is 10.8 Å². The van der Waals surface area contributed by atoms with Gasteiger partial charge in [-0.1, -0.05) is 6.08 Å². The van der Waals surface area contributed by atoms with Crippen LogP contribution in [0.3, 0.4) is 0 Å². The predicted octanol–water partition coefficient (Wildman–Crippen LogP) is 2.25. The van der Waals surface area contributed by atoms with Gasteiger partial charge in [0, 0.05) is 0 Å². The Kier molecular flexibility index (Phi) is 5.09. The molecule has 0 bridgehead atoms. The number of nitrogens with two attached hydrogens (primary N) is 1. The lowest BCUT2D eigenvalue weighted by Gasteiger charge is -2.14. The van der Waals surface area contributed by atoms with Gasteiger partial charge in [-0.15, -0.1) is 6.58 Å². The van der Waals surface area contributed by atoms with Gasteiger partial charge in [-0.3, -0.25) is 4.79 Å². The number of aromatic carboxylic acids is 1. The minimum atomic E-state index is -4.65. The minimum Gasteiger partial charge on any atom is -0.478 e. The molecule has 1 unspecified atom stereocenters. The number of halogens is 3. The maximum absolute atomic E-state index is 12.6. The number of carbonyl (C=O) groups excluding carboxylic acids is 1. The molecule has 0 radical (unpaired) electrons. The molecule has 21 heavy (non-hydrogen) atoms. The van der Waals surface area contributed by atoms with Gasteiger partial charge in [0.25, 0.3) is 0 Å². The summed E-state index contributed by atoms with van der Waals surface area (Å²) in [5.41, 5.74) is 3.49. The summed E-state index contributed by atoms with van der Waals surface area (Å²) in [5.74, 6) is -2.26. The fraction of sp³-hybridized carbons (Fsp3) is 0.231. The highest BCUT2D eigenvalue weighted by Crippen LogP contribution is 2.32. The number of carboxylic acid groups (broad SMARTS) is 1. The molecule has 114 valence electrons. The third-order valence-electron chi connectivity index (χ3n) is 2.59. The van der Waals surface area contributed by atoms with E-state index in [0.29, 0.717) is 12.1 Å². The predicted molar refractivity (Wildman–Crippen MR) is 69.8 cm³/mol. The largest absolute Gasteiger partial charge is 0.478 e. The Morgan fingerprint density at radius 1 is 1.43 bits per heavy atom. The molecule has 0 aliphatic rings.